The molecule has 0 radical (unpaired) electrons. The van der Waals surface area contributed by atoms with Gasteiger partial charge in [-0.1, -0.05) is 103 Å². The van der Waals surface area contributed by atoms with Crippen molar-refractivity contribution >= 4 is 33.3 Å². The van der Waals surface area contributed by atoms with E-state index in [0.717, 1.165) is 75.4 Å². The number of nitrogens with zero attached hydrogens (tertiary/aromatic N) is 2. The van der Waals surface area contributed by atoms with Gasteiger partial charge < -0.3 is 34.0 Å². The van der Waals surface area contributed by atoms with Crippen molar-refractivity contribution < 1.29 is 38.8 Å². The molecule has 3 aliphatic rings. The average molecular weight is 881 g/mol. The first kappa shape index (κ1) is 45.9. The van der Waals surface area contributed by atoms with Crippen molar-refractivity contribution in [3.63, 3.8) is 0 Å². The molecule has 65 heavy (non-hydrogen) atoms. The van der Waals surface area contributed by atoms with Crippen LogP contribution in [0, 0.1) is 17.8 Å². The van der Waals surface area contributed by atoms with Crippen molar-refractivity contribution in [1.29, 1.82) is 0 Å². The van der Waals surface area contributed by atoms with Crippen LogP contribution >= 0.6 is 0 Å². The summed E-state index contributed by atoms with van der Waals surface area (Å²) in [5, 5.41) is 29.4. The number of amides is 1. The van der Waals surface area contributed by atoms with E-state index in [1.807, 2.05) is 76.2 Å². The number of ether oxygens (including phenoxy) is 4. The number of carbonyl (C=O) groups excluding carboxylic acids is 1. The number of fused-ring (bicyclic) bond motifs is 4. The molecule has 10 heteroatoms. The van der Waals surface area contributed by atoms with Gasteiger partial charge in [0.25, 0.3) is 0 Å². The van der Waals surface area contributed by atoms with Crippen molar-refractivity contribution in [2.24, 2.45) is 22.9 Å². The molecule has 0 spiro atoms. The molecular weight excluding hydrogens is 817 g/mol. The van der Waals surface area contributed by atoms with Crippen molar-refractivity contribution in [2.45, 2.75) is 103 Å². The molecule has 1 fully saturated rings. The summed E-state index contributed by atoms with van der Waals surface area (Å²) in [6, 6.07) is 34.0. The summed E-state index contributed by atoms with van der Waals surface area (Å²) in [7, 11) is 0. The van der Waals surface area contributed by atoms with E-state index in [0.29, 0.717) is 24.3 Å². The molecule has 10 nitrogen and oxygen atoms in total. The fourth-order valence-electron chi connectivity index (χ4n) is 10.4. The number of oxime groups is 1. The topological polar surface area (TPSA) is 119 Å². The fourth-order valence-corrected chi connectivity index (χ4v) is 10.4. The summed E-state index contributed by atoms with van der Waals surface area (Å²) in [6.45, 7) is 12.6. The maximum absolute atomic E-state index is 14.8. The third kappa shape index (κ3) is 9.81. The number of aliphatic hydroxyl groups is 2. The Morgan fingerprint density at radius 3 is 2.34 bits per heavy atom. The first-order valence-corrected chi connectivity index (χ1v) is 23.4. The van der Waals surface area contributed by atoms with Gasteiger partial charge in [-0.3, -0.25) is 4.90 Å². The van der Waals surface area contributed by atoms with Crippen molar-refractivity contribution in [3.8, 4) is 17.2 Å². The molecule has 2 N–H and O–H groups in total. The molecule has 5 aromatic carbocycles. The largest absolute Gasteiger partial charge is 0.459 e. The molecule has 1 saturated carbocycles. The standard InChI is InChI=1S/C55H64N2O8/c1-6-31-62-55-50(57(53(60)61-7-2)36-41-22-16-21-38-18-10-11-23-44(38)41)35-48(56-65-54(3,4)5)46-33-40(20-12-14-29-58)45(24-13-15-30-59)51(52(46)55)47-34-43(27-28-49(47)64-55)63-42-26-25-37-17-8-9-19-39(37)32-42/h6,8-11,16-19,21-23,25-28,32-34,40,45,50-52,58-59H,1,7,12-15,20,24,29-31,35-36H2,2-5H3/t40-,45+,50-,51+,52+,55+/m0/s1. The quantitative estimate of drug-likeness (QED) is 0.0507. The number of unbranched alkanes of at least 4 members (excludes halogenated alkanes) is 2. The lowest BCUT2D eigenvalue weighted by Crippen LogP contribution is -2.70. The predicted octanol–water partition coefficient (Wildman–Crippen LogP) is 11.9. The van der Waals surface area contributed by atoms with Crippen molar-refractivity contribution in [3.05, 3.63) is 139 Å². The zero-order valence-corrected chi connectivity index (χ0v) is 38.3. The maximum Gasteiger partial charge on any atom is 0.410 e. The molecule has 0 saturated heterocycles. The van der Waals surface area contributed by atoms with Crippen LogP contribution in [-0.4, -0.2) is 70.8 Å². The molecular formula is C55H64N2O8. The molecule has 6 atom stereocenters. The van der Waals surface area contributed by atoms with Crippen LogP contribution < -0.4 is 9.47 Å². The molecule has 2 aliphatic carbocycles. The van der Waals surface area contributed by atoms with Gasteiger partial charge in [-0.25, -0.2) is 4.79 Å². The molecule has 5 aromatic rings. The fraction of sp³-hybridized carbons (Fsp3) is 0.418. The van der Waals surface area contributed by atoms with E-state index >= 15 is 0 Å². The predicted molar refractivity (Wildman–Crippen MR) is 256 cm³/mol. The van der Waals surface area contributed by atoms with E-state index in [-0.39, 0.29) is 57.1 Å². The Morgan fingerprint density at radius 1 is 0.877 bits per heavy atom. The van der Waals surface area contributed by atoms with Gasteiger partial charge in [-0.05, 0) is 128 Å². The van der Waals surface area contributed by atoms with Gasteiger partial charge in [0.05, 0.1) is 31.4 Å². The SMILES string of the molecule is C=CCO[C@@]12Oc3ccc(Oc4ccc5ccccc5c4)cc3[C@H]3[C@H](CCCCO)[C@@H](CCCCO)C=C(C(=NOC(C)(C)C)C[C@@H]1N(Cc1cccc4ccccc14)C(=O)OCC)[C@H]32. The highest BCUT2D eigenvalue weighted by atomic mass is 16.7. The molecule has 342 valence electrons. The highest BCUT2D eigenvalue weighted by Crippen LogP contribution is 2.62. The number of aliphatic hydroxyl groups excluding tert-OH is 2. The monoisotopic (exact) mass is 880 g/mol. The number of benzene rings is 5. The van der Waals surface area contributed by atoms with Gasteiger partial charge in [0.2, 0.25) is 5.79 Å². The van der Waals surface area contributed by atoms with Crippen molar-refractivity contribution in [2.75, 3.05) is 26.4 Å². The van der Waals surface area contributed by atoms with E-state index in [9.17, 15) is 15.0 Å². The van der Waals surface area contributed by atoms with Crippen LogP contribution in [0.4, 0.5) is 4.79 Å². The minimum Gasteiger partial charge on any atom is -0.459 e. The van der Waals surface area contributed by atoms with E-state index in [2.05, 4.69) is 67.3 Å². The second-order valence-electron chi connectivity index (χ2n) is 18.6. The summed E-state index contributed by atoms with van der Waals surface area (Å²) < 4.78 is 27.3. The number of allylic oxidation sites excluding steroid dienone is 1. The van der Waals surface area contributed by atoms with Gasteiger partial charge in [-0.2, -0.15) is 0 Å². The van der Waals surface area contributed by atoms with Crippen LogP contribution in [0.2, 0.25) is 0 Å². The summed E-state index contributed by atoms with van der Waals surface area (Å²) in [5.74, 6) is 0.0336. The Labute approximate surface area is 383 Å². The molecule has 0 aromatic heterocycles. The maximum atomic E-state index is 14.8. The molecule has 1 amide bonds. The van der Waals surface area contributed by atoms with Crippen LogP contribution in [0.1, 0.15) is 89.7 Å². The van der Waals surface area contributed by atoms with E-state index in [4.69, 9.17) is 28.9 Å². The third-order valence-electron chi connectivity index (χ3n) is 13.1. The highest BCUT2D eigenvalue weighted by molar-refractivity contribution is 6.03. The lowest BCUT2D eigenvalue weighted by Gasteiger charge is -2.60. The Kier molecular flexibility index (Phi) is 14.3. The van der Waals surface area contributed by atoms with Crippen molar-refractivity contribution in [1.82, 2.24) is 4.90 Å². The average Bonchev–Trinajstić information content (AvgIpc) is 3.30. The van der Waals surface area contributed by atoms with Crippen LogP contribution in [0.25, 0.3) is 21.5 Å². The van der Waals surface area contributed by atoms with Crippen LogP contribution in [0.15, 0.2) is 133 Å². The first-order chi connectivity index (χ1) is 31.6. The van der Waals surface area contributed by atoms with Gasteiger partial charge in [0.15, 0.2) is 0 Å². The van der Waals surface area contributed by atoms with E-state index < -0.39 is 29.4 Å². The third-order valence-corrected chi connectivity index (χ3v) is 13.1. The van der Waals surface area contributed by atoms with Crippen LogP contribution in [-0.2, 0) is 20.9 Å². The minimum atomic E-state index is -1.44. The summed E-state index contributed by atoms with van der Waals surface area (Å²) in [5.41, 5.74) is 3.02. The molecule has 1 heterocycles. The number of hydrogen-bond acceptors (Lipinski definition) is 9. The summed E-state index contributed by atoms with van der Waals surface area (Å²) >= 11 is 0. The van der Waals surface area contributed by atoms with Crippen LogP contribution in [0.3, 0.4) is 0 Å². The highest BCUT2D eigenvalue weighted by Gasteiger charge is 2.65. The number of hydrogen-bond donors (Lipinski definition) is 2. The Morgan fingerprint density at radius 2 is 1.58 bits per heavy atom. The van der Waals surface area contributed by atoms with E-state index in [1.54, 1.807) is 11.0 Å². The second-order valence-corrected chi connectivity index (χ2v) is 18.6. The van der Waals surface area contributed by atoms with Gasteiger partial charge in [0, 0.05) is 31.1 Å². The normalized spacial score (nSPS) is 23.0. The Bertz CT molecular complexity index is 2520. The smallest absolute Gasteiger partial charge is 0.410 e. The summed E-state index contributed by atoms with van der Waals surface area (Å²) in [6.07, 6.45) is 8.50. The van der Waals surface area contributed by atoms with E-state index in [1.165, 1.54) is 0 Å². The van der Waals surface area contributed by atoms with Crippen LogP contribution in [0.5, 0.6) is 17.2 Å². The van der Waals surface area contributed by atoms with Gasteiger partial charge in [-0.15, -0.1) is 6.58 Å². The summed E-state index contributed by atoms with van der Waals surface area (Å²) in [4.78, 5) is 22.9. The Hall–Kier alpha value is -5.68. The zero-order chi connectivity index (χ0) is 45.6. The minimum absolute atomic E-state index is 0.0527. The number of carbonyl (C=O) groups is 1. The molecule has 0 unspecified atom stereocenters. The lowest BCUT2D eigenvalue weighted by molar-refractivity contribution is -0.256. The lowest BCUT2D eigenvalue weighted by atomic mass is 9.55. The molecule has 8 rings (SSSR count). The molecule has 1 aliphatic heterocycles. The van der Waals surface area contributed by atoms with Gasteiger partial charge >= 0.3 is 6.09 Å². The number of rotatable bonds is 18. The Balaban J connectivity index is 1.35. The zero-order valence-electron chi connectivity index (χ0n) is 38.3. The first-order valence-electron chi connectivity index (χ1n) is 23.4. The molecule has 0 bridgehead atoms. The van der Waals surface area contributed by atoms with Gasteiger partial charge in [0.1, 0.15) is 28.9 Å². The second kappa shape index (κ2) is 20.2.